The molecule has 0 bridgehead atoms. The Bertz CT molecular complexity index is 840. The number of nitrogens with zero attached hydrogens (tertiary/aromatic N) is 1. The van der Waals surface area contributed by atoms with Gasteiger partial charge in [-0.3, -0.25) is 9.10 Å². The quantitative estimate of drug-likeness (QED) is 0.694. The molecule has 0 radical (unpaired) electrons. The normalized spacial score (nSPS) is 11.3. The molecule has 0 aliphatic carbocycles. The minimum Gasteiger partial charge on any atom is -0.480 e. The van der Waals surface area contributed by atoms with E-state index in [1.54, 1.807) is 18.2 Å². The minimum absolute atomic E-state index is 0.0269. The van der Waals surface area contributed by atoms with Crippen molar-refractivity contribution in [3.05, 3.63) is 56.4 Å². The lowest BCUT2D eigenvalue weighted by molar-refractivity contribution is -0.135. The first-order valence-electron chi connectivity index (χ1n) is 6.17. The Morgan fingerprint density at radius 3 is 2.17 bits per heavy atom. The molecule has 2 rings (SSSR count). The molecule has 0 atom stereocenters. The monoisotopic (exact) mass is 481 g/mol. The molecule has 0 spiro atoms. The maximum atomic E-state index is 12.8. The summed E-state index contributed by atoms with van der Waals surface area (Å²) in [5, 5.41) is 9.21. The van der Waals surface area contributed by atoms with E-state index < -0.39 is 22.5 Å². The molecule has 9 heteroatoms. The largest absolute Gasteiger partial charge is 0.480 e. The zero-order chi connectivity index (χ0) is 17.2. The van der Waals surface area contributed by atoms with Gasteiger partial charge in [0.2, 0.25) is 0 Å². The van der Waals surface area contributed by atoms with Crippen molar-refractivity contribution >= 4 is 65.1 Å². The van der Waals surface area contributed by atoms with Crippen molar-refractivity contribution in [2.24, 2.45) is 0 Å². The predicted octanol–water partition coefficient (Wildman–Crippen LogP) is 4.14. The second-order valence-corrected chi connectivity index (χ2v) is 8.56. The summed E-state index contributed by atoms with van der Waals surface area (Å²) < 4.78 is 27.7. The average molecular weight is 484 g/mol. The van der Waals surface area contributed by atoms with Crippen LogP contribution in [0.2, 0.25) is 5.02 Å². The topological polar surface area (TPSA) is 74.7 Å². The SMILES string of the molecule is O=C(O)CN(c1ccc(Br)cc1Cl)S(=O)(=O)c1ccc(Br)cc1. The van der Waals surface area contributed by atoms with Crippen LogP contribution < -0.4 is 4.31 Å². The molecule has 5 nitrogen and oxygen atoms in total. The molecule has 122 valence electrons. The van der Waals surface area contributed by atoms with Gasteiger partial charge in [0, 0.05) is 8.95 Å². The van der Waals surface area contributed by atoms with Crippen molar-refractivity contribution in [3.8, 4) is 0 Å². The first kappa shape index (κ1) is 18.3. The van der Waals surface area contributed by atoms with Crippen LogP contribution in [0.4, 0.5) is 5.69 Å². The molecule has 0 aliphatic heterocycles. The number of rotatable bonds is 5. The lowest BCUT2D eigenvalue weighted by Crippen LogP contribution is -2.36. The van der Waals surface area contributed by atoms with E-state index in [1.165, 1.54) is 24.3 Å². The van der Waals surface area contributed by atoms with Crippen LogP contribution in [0.5, 0.6) is 0 Å². The van der Waals surface area contributed by atoms with Gasteiger partial charge in [-0.2, -0.15) is 0 Å². The second kappa shape index (κ2) is 7.21. The number of carboxylic acids is 1. The number of anilines is 1. The van der Waals surface area contributed by atoms with Gasteiger partial charge in [0.1, 0.15) is 6.54 Å². The first-order chi connectivity index (χ1) is 10.7. The smallest absolute Gasteiger partial charge is 0.324 e. The van der Waals surface area contributed by atoms with Crippen molar-refractivity contribution in [3.63, 3.8) is 0 Å². The van der Waals surface area contributed by atoms with Crippen LogP contribution in [-0.2, 0) is 14.8 Å². The van der Waals surface area contributed by atoms with Gasteiger partial charge in [-0.25, -0.2) is 8.42 Å². The van der Waals surface area contributed by atoms with Crippen molar-refractivity contribution in [1.29, 1.82) is 0 Å². The zero-order valence-electron chi connectivity index (χ0n) is 11.4. The van der Waals surface area contributed by atoms with Crippen LogP contribution >= 0.6 is 43.5 Å². The Morgan fingerprint density at radius 1 is 1.09 bits per heavy atom. The van der Waals surface area contributed by atoms with Crippen molar-refractivity contribution in [2.75, 3.05) is 10.8 Å². The fourth-order valence-electron chi connectivity index (χ4n) is 1.84. The van der Waals surface area contributed by atoms with Gasteiger partial charge in [0.15, 0.2) is 0 Å². The molecule has 0 unspecified atom stereocenters. The van der Waals surface area contributed by atoms with Crippen molar-refractivity contribution in [1.82, 2.24) is 0 Å². The van der Waals surface area contributed by atoms with Gasteiger partial charge >= 0.3 is 5.97 Å². The van der Waals surface area contributed by atoms with E-state index in [4.69, 9.17) is 16.7 Å². The molecule has 0 fully saturated rings. The number of halogens is 3. The van der Waals surface area contributed by atoms with Gasteiger partial charge in [0.25, 0.3) is 10.0 Å². The molecule has 0 aromatic heterocycles. The van der Waals surface area contributed by atoms with Crippen LogP contribution in [0.3, 0.4) is 0 Å². The molecule has 0 saturated heterocycles. The lowest BCUT2D eigenvalue weighted by Gasteiger charge is -2.23. The van der Waals surface area contributed by atoms with Crippen LogP contribution in [0.1, 0.15) is 0 Å². The number of hydrogen-bond donors (Lipinski definition) is 1. The van der Waals surface area contributed by atoms with E-state index in [0.717, 1.165) is 4.31 Å². The molecular formula is C14H10Br2ClNO4S. The Balaban J connectivity index is 2.57. The second-order valence-electron chi connectivity index (χ2n) is 4.46. The standard InChI is InChI=1S/C14H10Br2ClNO4S/c15-9-1-4-11(5-2-9)23(21,22)18(8-14(19)20)13-6-3-10(16)7-12(13)17/h1-7H,8H2,(H,19,20). The Hall–Kier alpha value is -1.09. The third-order valence-electron chi connectivity index (χ3n) is 2.86. The van der Waals surface area contributed by atoms with E-state index in [9.17, 15) is 13.2 Å². The number of benzene rings is 2. The molecule has 0 heterocycles. The molecule has 2 aromatic carbocycles. The maximum absolute atomic E-state index is 12.8. The number of carboxylic acid groups (broad SMARTS) is 1. The molecule has 1 N–H and O–H groups in total. The van der Waals surface area contributed by atoms with Gasteiger partial charge in [-0.1, -0.05) is 43.5 Å². The summed E-state index contributed by atoms with van der Waals surface area (Å²) in [6.07, 6.45) is 0. The summed E-state index contributed by atoms with van der Waals surface area (Å²) >= 11 is 12.5. The Morgan fingerprint density at radius 2 is 1.65 bits per heavy atom. The Labute approximate surface area is 155 Å². The summed E-state index contributed by atoms with van der Waals surface area (Å²) in [7, 11) is -4.07. The summed E-state index contributed by atoms with van der Waals surface area (Å²) in [6, 6.07) is 10.5. The predicted molar refractivity (Wildman–Crippen MR) is 95.5 cm³/mol. The van der Waals surface area contributed by atoms with Crippen LogP contribution in [0, 0.1) is 0 Å². The fraction of sp³-hybridized carbons (Fsp3) is 0.0714. The molecular weight excluding hydrogens is 473 g/mol. The Kier molecular flexibility index (Phi) is 5.72. The van der Waals surface area contributed by atoms with E-state index in [2.05, 4.69) is 31.9 Å². The summed E-state index contributed by atoms with van der Waals surface area (Å²) in [4.78, 5) is 11.1. The highest BCUT2D eigenvalue weighted by atomic mass is 79.9. The van der Waals surface area contributed by atoms with Crippen LogP contribution in [-0.4, -0.2) is 26.0 Å². The lowest BCUT2D eigenvalue weighted by atomic mass is 10.3. The van der Waals surface area contributed by atoms with Gasteiger partial charge in [-0.05, 0) is 42.5 Å². The van der Waals surface area contributed by atoms with E-state index in [0.29, 0.717) is 8.95 Å². The summed E-state index contributed by atoms with van der Waals surface area (Å²) in [6.45, 7) is -0.736. The van der Waals surface area contributed by atoms with Crippen molar-refractivity contribution in [2.45, 2.75) is 4.90 Å². The van der Waals surface area contributed by atoms with E-state index >= 15 is 0 Å². The van der Waals surface area contributed by atoms with E-state index in [-0.39, 0.29) is 15.6 Å². The van der Waals surface area contributed by atoms with E-state index in [1.807, 2.05) is 0 Å². The zero-order valence-corrected chi connectivity index (χ0v) is 16.2. The average Bonchev–Trinajstić information content (AvgIpc) is 2.45. The first-order valence-corrected chi connectivity index (χ1v) is 9.57. The summed E-state index contributed by atoms with van der Waals surface area (Å²) in [5.41, 5.74) is 0.0974. The third kappa shape index (κ3) is 4.26. The van der Waals surface area contributed by atoms with Crippen LogP contribution in [0.15, 0.2) is 56.3 Å². The number of hydrogen-bond acceptors (Lipinski definition) is 3. The number of carbonyl (C=O) groups is 1. The highest BCUT2D eigenvalue weighted by Crippen LogP contribution is 2.32. The van der Waals surface area contributed by atoms with Gasteiger partial charge in [-0.15, -0.1) is 0 Å². The molecule has 0 saturated carbocycles. The van der Waals surface area contributed by atoms with Gasteiger partial charge in [0.05, 0.1) is 15.6 Å². The number of aliphatic carboxylic acids is 1. The van der Waals surface area contributed by atoms with Gasteiger partial charge < -0.3 is 5.11 Å². The minimum atomic E-state index is -4.07. The molecule has 23 heavy (non-hydrogen) atoms. The molecule has 2 aromatic rings. The number of sulfonamides is 1. The highest BCUT2D eigenvalue weighted by molar-refractivity contribution is 9.10. The van der Waals surface area contributed by atoms with Crippen LogP contribution in [0.25, 0.3) is 0 Å². The summed E-state index contributed by atoms with van der Waals surface area (Å²) in [5.74, 6) is -1.29. The fourth-order valence-corrected chi connectivity index (χ4v) is 4.36. The molecule has 0 aliphatic rings. The maximum Gasteiger partial charge on any atom is 0.324 e. The van der Waals surface area contributed by atoms with Crippen molar-refractivity contribution < 1.29 is 18.3 Å². The highest BCUT2D eigenvalue weighted by Gasteiger charge is 2.28. The third-order valence-corrected chi connectivity index (χ3v) is 5.96. The molecule has 0 amide bonds.